The highest BCUT2D eigenvalue weighted by Gasteiger charge is 2.38. The van der Waals surface area contributed by atoms with Crippen LogP contribution in [0, 0.1) is 6.92 Å². The van der Waals surface area contributed by atoms with Crippen LogP contribution >= 0.6 is 0 Å². The molecule has 0 spiro atoms. The predicted octanol–water partition coefficient (Wildman–Crippen LogP) is 4.46. The highest BCUT2D eigenvalue weighted by molar-refractivity contribution is 5.89. The number of hydrogen-bond donors (Lipinski definition) is 0. The number of methoxy groups -OCH3 is 1. The fourth-order valence-corrected chi connectivity index (χ4v) is 5.78. The van der Waals surface area contributed by atoms with Gasteiger partial charge in [0, 0.05) is 19.5 Å². The van der Waals surface area contributed by atoms with Gasteiger partial charge in [-0.3, -0.25) is 9.59 Å². The Kier molecular flexibility index (Phi) is 8.07. The maximum absolute atomic E-state index is 13.1. The van der Waals surface area contributed by atoms with Gasteiger partial charge in [0.1, 0.15) is 18.1 Å². The number of aryl methyl sites for hydroxylation is 1. The first-order valence-electron chi connectivity index (χ1n) is 12.9. The molecule has 34 heavy (non-hydrogen) atoms. The molecule has 0 aromatic heterocycles. The summed E-state index contributed by atoms with van der Waals surface area (Å²) in [5.41, 5.74) is 5.27. The van der Waals surface area contributed by atoms with Gasteiger partial charge in [0.25, 0.3) is 0 Å². The molecule has 184 valence electrons. The van der Waals surface area contributed by atoms with Crippen LogP contribution < -0.4 is 4.74 Å². The van der Waals surface area contributed by atoms with E-state index >= 15 is 0 Å². The lowest BCUT2D eigenvalue weighted by Gasteiger charge is -2.37. The van der Waals surface area contributed by atoms with Gasteiger partial charge in [0.15, 0.2) is 0 Å². The number of benzene rings is 1. The summed E-state index contributed by atoms with van der Waals surface area (Å²) in [6.07, 6.45) is 12.9. The van der Waals surface area contributed by atoms with Crippen molar-refractivity contribution in [2.75, 3.05) is 20.2 Å². The van der Waals surface area contributed by atoms with Crippen molar-refractivity contribution in [3.05, 3.63) is 34.4 Å². The van der Waals surface area contributed by atoms with E-state index in [0.29, 0.717) is 25.9 Å². The summed E-state index contributed by atoms with van der Waals surface area (Å²) in [6, 6.07) is 3.66. The molecule has 2 aliphatic heterocycles. The van der Waals surface area contributed by atoms with Crippen molar-refractivity contribution in [1.82, 2.24) is 9.80 Å². The molecule has 0 radical (unpaired) electrons. The number of likely N-dealkylation sites (tertiary alicyclic amines) is 2. The lowest BCUT2D eigenvalue weighted by molar-refractivity contribution is -0.148. The number of aldehydes is 1. The lowest BCUT2D eigenvalue weighted by atomic mass is 9.99. The van der Waals surface area contributed by atoms with Gasteiger partial charge in [0.05, 0.1) is 13.2 Å². The fourth-order valence-electron chi connectivity index (χ4n) is 5.78. The zero-order valence-electron chi connectivity index (χ0n) is 20.7. The monoisotopic (exact) mass is 466 g/mol. The average Bonchev–Trinajstić information content (AvgIpc) is 3.48. The van der Waals surface area contributed by atoms with E-state index in [2.05, 4.69) is 25.1 Å². The second kappa shape index (κ2) is 11.2. The first-order chi connectivity index (χ1) is 16.5. The molecule has 2 saturated heterocycles. The number of carbonyl (C=O) groups is 3. The number of ether oxygens (including phenoxy) is 1. The molecule has 2 heterocycles. The Morgan fingerprint density at radius 3 is 2.68 bits per heavy atom. The first kappa shape index (κ1) is 24.5. The molecule has 2 amide bonds. The molecule has 0 saturated carbocycles. The molecule has 0 bridgehead atoms. The van der Waals surface area contributed by atoms with Crippen LogP contribution in [0.3, 0.4) is 0 Å². The fraction of sp³-hybridized carbons (Fsp3) is 0.607. The van der Waals surface area contributed by atoms with Crippen LogP contribution in [0.1, 0.15) is 80.9 Å². The quantitative estimate of drug-likeness (QED) is 0.398. The zero-order valence-corrected chi connectivity index (χ0v) is 20.7. The first-order valence-corrected chi connectivity index (χ1v) is 12.9. The normalized spacial score (nSPS) is 21.9. The maximum atomic E-state index is 13.1. The molecule has 1 aromatic carbocycles. The smallest absolute Gasteiger partial charge is 0.245 e. The molecular weight excluding hydrogens is 428 g/mol. The number of rotatable bonds is 9. The van der Waals surface area contributed by atoms with Gasteiger partial charge in [-0.15, -0.1) is 0 Å². The van der Waals surface area contributed by atoms with E-state index in [1.165, 1.54) is 22.3 Å². The van der Waals surface area contributed by atoms with E-state index in [9.17, 15) is 14.4 Å². The topological polar surface area (TPSA) is 66.9 Å². The highest BCUT2D eigenvalue weighted by Crippen LogP contribution is 2.33. The molecule has 1 aliphatic carbocycles. The molecule has 4 rings (SSSR count). The van der Waals surface area contributed by atoms with Crippen molar-refractivity contribution >= 4 is 24.2 Å². The van der Waals surface area contributed by atoms with Crippen molar-refractivity contribution in [3.8, 4) is 5.75 Å². The van der Waals surface area contributed by atoms with Crippen LogP contribution in [0.2, 0.25) is 0 Å². The average molecular weight is 467 g/mol. The molecule has 2 fully saturated rings. The summed E-state index contributed by atoms with van der Waals surface area (Å²) < 4.78 is 5.45. The van der Waals surface area contributed by atoms with Gasteiger partial charge >= 0.3 is 0 Å². The van der Waals surface area contributed by atoms with Crippen LogP contribution in [0.5, 0.6) is 5.75 Å². The second-order valence-corrected chi connectivity index (χ2v) is 10.0. The van der Waals surface area contributed by atoms with E-state index in [4.69, 9.17) is 4.74 Å². The summed E-state index contributed by atoms with van der Waals surface area (Å²) in [6.45, 7) is 3.37. The Bertz CT molecular complexity index is 954. The largest absolute Gasteiger partial charge is 0.496 e. The predicted molar refractivity (Wildman–Crippen MR) is 133 cm³/mol. The summed E-state index contributed by atoms with van der Waals surface area (Å²) >= 11 is 0. The van der Waals surface area contributed by atoms with Crippen LogP contribution in [-0.2, 0) is 20.8 Å². The van der Waals surface area contributed by atoms with Crippen molar-refractivity contribution in [1.29, 1.82) is 0 Å². The Hall–Kier alpha value is -2.63. The van der Waals surface area contributed by atoms with E-state index in [1.54, 1.807) is 16.9 Å². The summed E-state index contributed by atoms with van der Waals surface area (Å²) in [4.78, 5) is 41.0. The van der Waals surface area contributed by atoms with Crippen molar-refractivity contribution in [2.24, 2.45) is 0 Å². The van der Waals surface area contributed by atoms with Crippen molar-refractivity contribution in [3.63, 3.8) is 0 Å². The molecule has 1 unspecified atom stereocenters. The minimum atomic E-state index is -0.385. The Balaban J connectivity index is 1.22. The van der Waals surface area contributed by atoms with Gasteiger partial charge in [0.2, 0.25) is 11.8 Å². The van der Waals surface area contributed by atoms with E-state index in [1.807, 2.05) is 0 Å². The standard InChI is InChI=1S/C28H38N2O4/c1-20-15-22-16-21(17-23(22)18-26(20)34-2)9-4-3-5-12-27(32)30-13-7-6-11-25(30)28(33)29-14-8-10-24(29)19-31/h15,17-19,24-25H,3-14,16H2,1-2H3/t24-,25?/m0/s1. The van der Waals surface area contributed by atoms with Gasteiger partial charge in [-0.05, 0) is 87.5 Å². The summed E-state index contributed by atoms with van der Waals surface area (Å²) in [5.74, 6) is 1.01. The number of unbranched alkanes of at least 4 members (excludes halogenated alkanes) is 2. The number of hydrogen-bond acceptors (Lipinski definition) is 4. The number of allylic oxidation sites excluding steroid dienone is 1. The van der Waals surface area contributed by atoms with Crippen molar-refractivity contribution < 1.29 is 19.1 Å². The van der Waals surface area contributed by atoms with E-state index in [0.717, 1.165) is 69.8 Å². The third-order valence-electron chi connectivity index (χ3n) is 7.67. The SMILES string of the molecule is COc1cc2c(cc1C)CC(CCCCCC(=O)N1CCCCC1C(=O)N1CCC[C@H]1C=O)=C2. The van der Waals surface area contributed by atoms with Crippen LogP contribution in [0.25, 0.3) is 6.08 Å². The van der Waals surface area contributed by atoms with E-state index < -0.39 is 0 Å². The maximum Gasteiger partial charge on any atom is 0.245 e. The molecule has 0 N–H and O–H groups in total. The number of carbonyl (C=O) groups excluding carboxylic acids is 3. The molecule has 6 heteroatoms. The number of amides is 2. The van der Waals surface area contributed by atoms with Crippen molar-refractivity contribution in [2.45, 2.75) is 89.6 Å². The molecule has 2 atom stereocenters. The third kappa shape index (κ3) is 5.37. The van der Waals surface area contributed by atoms with Gasteiger partial charge < -0.3 is 19.3 Å². The molecular formula is C28H38N2O4. The highest BCUT2D eigenvalue weighted by atomic mass is 16.5. The van der Waals surface area contributed by atoms with Crippen LogP contribution in [0.15, 0.2) is 17.7 Å². The Morgan fingerprint density at radius 1 is 1.06 bits per heavy atom. The van der Waals surface area contributed by atoms with Crippen LogP contribution in [0.4, 0.5) is 0 Å². The van der Waals surface area contributed by atoms with Gasteiger partial charge in [-0.1, -0.05) is 24.1 Å². The van der Waals surface area contributed by atoms with Gasteiger partial charge in [-0.2, -0.15) is 0 Å². The van der Waals surface area contributed by atoms with Gasteiger partial charge in [-0.25, -0.2) is 0 Å². The number of nitrogens with zero attached hydrogens (tertiary/aromatic N) is 2. The number of fused-ring (bicyclic) bond motifs is 1. The second-order valence-electron chi connectivity index (χ2n) is 10.0. The van der Waals surface area contributed by atoms with Crippen LogP contribution in [-0.4, -0.2) is 60.2 Å². The lowest BCUT2D eigenvalue weighted by Crippen LogP contribution is -2.54. The minimum Gasteiger partial charge on any atom is -0.496 e. The zero-order chi connectivity index (χ0) is 24.1. The van der Waals surface area contributed by atoms with E-state index in [-0.39, 0.29) is 23.9 Å². The summed E-state index contributed by atoms with van der Waals surface area (Å²) in [5, 5.41) is 0. The molecule has 1 aromatic rings. The molecule has 3 aliphatic rings. The summed E-state index contributed by atoms with van der Waals surface area (Å²) in [7, 11) is 1.71. The Morgan fingerprint density at radius 2 is 1.88 bits per heavy atom. The molecule has 6 nitrogen and oxygen atoms in total. The third-order valence-corrected chi connectivity index (χ3v) is 7.67. The number of piperidine rings is 1. The minimum absolute atomic E-state index is 0.0257. The Labute approximate surface area is 203 Å².